The average Bonchev–Trinajstić information content (AvgIpc) is 2.25. The highest BCUT2D eigenvalue weighted by Gasteiger charge is 2.03. The molecule has 1 aromatic rings. The maximum Gasteiger partial charge on any atom is 0.119 e. The molecule has 0 saturated heterocycles. The first-order valence-electron chi connectivity index (χ1n) is 5.75. The van der Waals surface area contributed by atoms with Crippen LogP contribution in [0.25, 0.3) is 0 Å². The van der Waals surface area contributed by atoms with Crippen molar-refractivity contribution in [1.29, 1.82) is 0 Å². The first-order chi connectivity index (χ1) is 7.65. The summed E-state index contributed by atoms with van der Waals surface area (Å²) in [6, 6.07) is 3.98. The van der Waals surface area contributed by atoms with Crippen LogP contribution in [0.15, 0.2) is 12.1 Å². The van der Waals surface area contributed by atoms with E-state index in [1.807, 2.05) is 26.0 Å². The quantitative estimate of drug-likeness (QED) is 0.772. The van der Waals surface area contributed by atoms with Gasteiger partial charge < -0.3 is 10.1 Å². The Morgan fingerprint density at radius 3 is 2.44 bits per heavy atom. The molecule has 0 radical (unpaired) electrons. The topological polar surface area (TPSA) is 21.3 Å². The summed E-state index contributed by atoms with van der Waals surface area (Å²) in [5.74, 6) is 0.913. The third-order valence-corrected chi connectivity index (χ3v) is 3.02. The van der Waals surface area contributed by atoms with Gasteiger partial charge in [-0.05, 0) is 56.6 Å². The minimum Gasteiger partial charge on any atom is -0.494 e. The summed E-state index contributed by atoms with van der Waals surface area (Å²) < 4.78 is 5.67. The molecule has 0 spiro atoms. The van der Waals surface area contributed by atoms with E-state index in [0.717, 1.165) is 48.0 Å². The molecule has 90 valence electrons. The molecule has 2 nitrogen and oxygen atoms in total. The van der Waals surface area contributed by atoms with Gasteiger partial charge in [-0.15, -0.1) is 0 Å². The maximum atomic E-state index is 6.09. The lowest BCUT2D eigenvalue weighted by Gasteiger charge is -2.10. The Kier molecular flexibility index (Phi) is 5.64. The Labute approximate surface area is 103 Å². The lowest BCUT2D eigenvalue weighted by Crippen LogP contribution is -2.16. The second-order valence-corrected chi connectivity index (χ2v) is 4.30. The van der Waals surface area contributed by atoms with Gasteiger partial charge in [0.2, 0.25) is 0 Å². The van der Waals surface area contributed by atoms with E-state index in [-0.39, 0.29) is 0 Å². The number of aryl methyl sites for hydroxylation is 2. The summed E-state index contributed by atoms with van der Waals surface area (Å²) in [5.41, 5.74) is 2.15. The Hall–Kier alpha value is -0.730. The van der Waals surface area contributed by atoms with Crippen LogP contribution in [0.4, 0.5) is 0 Å². The van der Waals surface area contributed by atoms with Crippen LogP contribution in [-0.4, -0.2) is 19.7 Å². The Bertz CT molecular complexity index is 316. The van der Waals surface area contributed by atoms with Gasteiger partial charge in [0.15, 0.2) is 0 Å². The van der Waals surface area contributed by atoms with Crippen molar-refractivity contribution >= 4 is 11.6 Å². The molecular weight excluding hydrogens is 222 g/mol. The zero-order valence-electron chi connectivity index (χ0n) is 10.3. The Morgan fingerprint density at radius 1 is 1.25 bits per heavy atom. The number of halogens is 1. The van der Waals surface area contributed by atoms with Crippen molar-refractivity contribution in [2.24, 2.45) is 0 Å². The molecule has 0 atom stereocenters. The summed E-state index contributed by atoms with van der Waals surface area (Å²) in [4.78, 5) is 0. The highest BCUT2D eigenvalue weighted by Crippen LogP contribution is 2.25. The van der Waals surface area contributed by atoms with Crippen molar-refractivity contribution < 1.29 is 4.74 Å². The maximum absolute atomic E-state index is 6.09. The fourth-order valence-electron chi connectivity index (χ4n) is 1.55. The van der Waals surface area contributed by atoms with E-state index >= 15 is 0 Å². The fraction of sp³-hybridized carbons (Fsp3) is 0.538. The number of hydrogen-bond donors (Lipinski definition) is 1. The fourth-order valence-corrected chi connectivity index (χ4v) is 1.66. The molecule has 16 heavy (non-hydrogen) atoms. The molecule has 0 heterocycles. The molecule has 1 N–H and O–H groups in total. The van der Waals surface area contributed by atoms with E-state index in [1.165, 1.54) is 0 Å². The van der Waals surface area contributed by atoms with E-state index < -0.39 is 0 Å². The van der Waals surface area contributed by atoms with Gasteiger partial charge in [0.25, 0.3) is 0 Å². The van der Waals surface area contributed by atoms with Gasteiger partial charge in [-0.1, -0.05) is 18.5 Å². The molecule has 0 aliphatic heterocycles. The lowest BCUT2D eigenvalue weighted by molar-refractivity contribution is 0.308. The van der Waals surface area contributed by atoms with Crippen LogP contribution in [0, 0.1) is 13.8 Å². The smallest absolute Gasteiger partial charge is 0.119 e. The molecule has 0 unspecified atom stereocenters. The summed E-state index contributed by atoms with van der Waals surface area (Å²) >= 11 is 6.09. The Balaban J connectivity index is 2.43. The highest BCUT2D eigenvalue weighted by atomic mass is 35.5. The van der Waals surface area contributed by atoms with Crippen LogP contribution in [0.1, 0.15) is 24.5 Å². The second-order valence-electron chi connectivity index (χ2n) is 3.93. The number of rotatable bonds is 6. The van der Waals surface area contributed by atoms with E-state index in [1.54, 1.807) is 0 Å². The highest BCUT2D eigenvalue weighted by molar-refractivity contribution is 6.32. The number of hydrogen-bond acceptors (Lipinski definition) is 2. The van der Waals surface area contributed by atoms with Crippen molar-refractivity contribution in [3.8, 4) is 5.75 Å². The standard InChI is InChI=1S/C13H20ClNO/c1-4-15-6-5-7-16-12-8-10(2)13(14)11(3)9-12/h8-9,15H,4-7H2,1-3H3. The van der Waals surface area contributed by atoms with Crippen LogP contribution in [0.5, 0.6) is 5.75 Å². The van der Waals surface area contributed by atoms with Crippen molar-refractivity contribution in [3.05, 3.63) is 28.3 Å². The van der Waals surface area contributed by atoms with E-state index in [4.69, 9.17) is 16.3 Å². The van der Waals surface area contributed by atoms with E-state index in [2.05, 4.69) is 12.2 Å². The van der Waals surface area contributed by atoms with Crippen LogP contribution < -0.4 is 10.1 Å². The normalized spacial score (nSPS) is 10.5. The molecule has 1 rings (SSSR count). The minimum absolute atomic E-state index is 0.744. The van der Waals surface area contributed by atoms with E-state index in [9.17, 15) is 0 Å². The van der Waals surface area contributed by atoms with Crippen molar-refractivity contribution in [1.82, 2.24) is 5.32 Å². The second kappa shape index (κ2) is 6.77. The third-order valence-electron chi connectivity index (χ3n) is 2.43. The Morgan fingerprint density at radius 2 is 1.88 bits per heavy atom. The van der Waals surface area contributed by atoms with Gasteiger partial charge in [0.05, 0.1) is 6.61 Å². The van der Waals surface area contributed by atoms with E-state index in [0.29, 0.717) is 0 Å². The van der Waals surface area contributed by atoms with Crippen molar-refractivity contribution in [2.75, 3.05) is 19.7 Å². The summed E-state index contributed by atoms with van der Waals surface area (Å²) in [6.07, 6.45) is 1.02. The van der Waals surface area contributed by atoms with Crippen LogP contribution in [-0.2, 0) is 0 Å². The lowest BCUT2D eigenvalue weighted by atomic mass is 10.1. The zero-order valence-corrected chi connectivity index (χ0v) is 11.0. The number of nitrogens with one attached hydrogen (secondary N) is 1. The molecule has 0 amide bonds. The molecule has 3 heteroatoms. The van der Waals surface area contributed by atoms with Gasteiger partial charge in [0, 0.05) is 5.02 Å². The third kappa shape index (κ3) is 4.03. The van der Waals surface area contributed by atoms with Gasteiger partial charge in [0.1, 0.15) is 5.75 Å². The van der Waals surface area contributed by atoms with Crippen molar-refractivity contribution in [2.45, 2.75) is 27.2 Å². The first-order valence-corrected chi connectivity index (χ1v) is 6.13. The first kappa shape index (κ1) is 13.3. The van der Waals surface area contributed by atoms with Gasteiger partial charge in [-0.3, -0.25) is 0 Å². The van der Waals surface area contributed by atoms with Gasteiger partial charge >= 0.3 is 0 Å². The molecular formula is C13H20ClNO. The van der Waals surface area contributed by atoms with Crippen molar-refractivity contribution in [3.63, 3.8) is 0 Å². The molecule has 1 aromatic carbocycles. The molecule has 0 fully saturated rings. The molecule has 0 aliphatic rings. The summed E-state index contributed by atoms with van der Waals surface area (Å²) in [5, 5.41) is 4.10. The number of benzene rings is 1. The molecule has 0 bridgehead atoms. The minimum atomic E-state index is 0.744. The predicted octanol–water partition coefficient (Wildman–Crippen LogP) is 3.34. The van der Waals surface area contributed by atoms with Crippen LogP contribution in [0.2, 0.25) is 5.02 Å². The van der Waals surface area contributed by atoms with Crippen LogP contribution in [0.3, 0.4) is 0 Å². The van der Waals surface area contributed by atoms with Gasteiger partial charge in [-0.2, -0.15) is 0 Å². The number of ether oxygens (including phenoxy) is 1. The largest absolute Gasteiger partial charge is 0.494 e. The molecule has 0 aromatic heterocycles. The molecule has 0 aliphatic carbocycles. The monoisotopic (exact) mass is 241 g/mol. The SMILES string of the molecule is CCNCCCOc1cc(C)c(Cl)c(C)c1. The summed E-state index contributed by atoms with van der Waals surface area (Å²) in [7, 11) is 0. The summed E-state index contributed by atoms with van der Waals surface area (Å²) in [6.45, 7) is 8.86. The van der Waals surface area contributed by atoms with Crippen LogP contribution >= 0.6 is 11.6 Å². The zero-order chi connectivity index (χ0) is 12.0. The predicted molar refractivity (Wildman–Crippen MR) is 69.6 cm³/mol. The van der Waals surface area contributed by atoms with Gasteiger partial charge in [-0.25, -0.2) is 0 Å². The molecule has 0 saturated carbocycles. The average molecular weight is 242 g/mol.